The fourth-order valence-corrected chi connectivity index (χ4v) is 2.35. The van der Waals surface area contributed by atoms with Crippen molar-refractivity contribution in [3.8, 4) is 0 Å². The Balaban J connectivity index is 2.05. The Morgan fingerprint density at radius 3 is 2.29 bits per heavy atom. The molecule has 2 aromatic rings. The number of hydrogen-bond donors (Lipinski definition) is 1. The lowest BCUT2D eigenvalue weighted by Crippen LogP contribution is -2.27. The molecule has 2 aromatic carbocycles. The molecule has 2 nitrogen and oxygen atoms in total. The molecule has 4 heteroatoms. The van der Waals surface area contributed by atoms with Gasteiger partial charge < -0.3 is 10.0 Å². The summed E-state index contributed by atoms with van der Waals surface area (Å²) in [5.74, 6) is -0.857. The molecule has 0 aliphatic rings. The van der Waals surface area contributed by atoms with Gasteiger partial charge >= 0.3 is 0 Å². The third-order valence-electron chi connectivity index (χ3n) is 3.59. The second kappa shape index (κ2) is 6.68. The van der Waals surface area contributed by atoms with E-state index in [2.05, 4.69) is 0 Å². The number of hydrogen-bond acceptors (Lipinski definition) is 2. The second-order valence-electron chi connectivity index (χ2n) is 5.30. The summed E-state index contributed by atoms with van der Waals surface area (Å²) in [7, 11) is 1.86. The minimum absolute atomic E-state index is 0.169. The van der Waals surface area contributed by atoms with Gasteiger partial charge in [0, 0.05) is 30.8 Å². The molecule has 2 atom stereocenters. The average molecular weight is 291 g/mol. The highest BCUT2D eigenvalue weighted by molar-refractivity contribution is 5.45. The predicted molar refractivity (Wildman–Crippen MR) is 80.2 cm³/mol. The molecule has 0 fully saturated rings. The predicted octanol–water partition coefficient (Wildman–Crippen LogP) is 3.77. The first kappa shape index (κ1) is 15.4. The summed E-state index contributed by atoms with van der Waals surface area (Å²) in [4.78, 5) is 1.91. The van der Waals surface area contributed by atoms with Crippen LogP contribution in [0.1, 0.15) is 18.6 Å². The first-order chi connectivity index (χ1) is 9.99. The minimum Gasteiger partial charge on any atom is -0.388 e. The van der Waals surface area contributed by atoms with Crippen LogP contribution in [0.15, 0.2) is 48.5 Å². The van der Waals surface area contributed by atoms with Crippen LogP contribution in [0, 0.1) is 17.6 Å². The summed E-state index contributed by atoms with van der Waals surface area (Å²) >= 11 is 0. The highest BCUT2D eigenvalue weighted by atomic mass is 19.1. The van der Waals surface area contributed by atoms with E-state index in [1.165, 1.54) is 18.2 Å². The quantitative estimate of drug-likeness (QED) is 0.906. The number of benzene rings is 2. The lowest BCUT2D eigenvalue weighted by molar-refractivity contribution is 0.117. The lowest BCUT2D eigenvalue weighted by Gasteiger charge is -2.27. The van der Waals surface area contributed by atoms with E-state index in [-0.39, 0.29) is 11.7 Å². The fraction of sp³-hybridized carbons (Fsp3) is 0.294. The van der Waals surface area contributed by atoms with Crippen LogP contribution in [-0.4, -0.2) is 18.7 Å². The van der Waals surface area contributed by atoms with Crippen LogP contribution in [0.4, 0.5) is 14.5 Å². The Morgan fingerprint density at radius 2 is 1.67 bits per heavy atom. The van der Waals surface area contributed by atoms with Gasteiger partial charge in [-0.15, -0.1) is 0 Å². The highest BCUT2D eigenvalue weighted by Gasteiger charge is 2.21. The molecule has 0 aromatic heterocycles. The Kier molecular flexibility index (Phi) is 4.91. The van der Waals surface area contributed by atoms with E-state index in [4.69, 9.17) is 0 Å². The standard InChI is InChI=1S/C17H19F2NO/c1-12(17(21)15-5-3-4-6-16(15)19)11-20(2)14-9-7-13(18)8-10-14/h3-10,12,17,21H,11H2,1-2H3. The summed E-state index contributed by atoms with van der Waals surface area (Å²) in [6.45, 7) is 2.39. The van der Waals surface area contributed by atoms with Gasteiger partial charge in [0.1, 0.15) is 11.6 Å². The fourth-order valence-electron chi connectivity index (χ4n) is 2.35. The van der Waals surface area contributed by atoms with Gasteiger partial charge in [0.2, 0.25) is 0 Å². The molecule has 112 valence electrons. The van der Waals surface area contributed by atoms with Crippen LogP contribution in [0.5, 0.6) is 0 Å². The highest BCUT2D eigenvalue weighted by Crippen LogP contribution is 2.26. The van der Waals surface area contributed by atoms with Gasteiger partial charge in [-0.05, 0) is 30.3 Å². The molecular weight excluding hydrogens is 272 g/mol. The Bertz CT molecular complexity index is 586. The largest absolute Gasteiger partial charge is 0.388 e. The molecule has 0 aliphatic carbocycles. The molecule has 0 radical (unpaired) electrons. The first-order valence-electron chi connectivity index (χ1n) is 6.88. The minimum atomic E-state index is -0.880. The number of halogens is 2. The summed E-state index contributed by atoms with van der Waals surface area (Å²) in [5, 5.41) is 10.3. The third kappa shape index (κ3) is 3.79. The molecule has 0 saturated heterocycles. The van der Waals surface area contributed by atoms with Crippen molar-refractivity contribution in [1.29, 1.82) is 0 Å². The van der Waals surface area contributed by atoms with E-state index in [1.54, 1.807) is 30.3 Å². The topological polar surface area (TPSA) is 23.5 Å². The molecule has 0 spiro atoms. The van der Waals surface area contributed by atoms with Crippen LogP contribution < -0.4 is 4.90 Å². The maximum atomic E-state index is 13.7. The molecule has 2 unspecified atom stereocenters. The van der Waals surface area contributed by atoms with Crippen LogP contribution in [-0.2, 0) is 0 Å². The van der Waals surface area contributed by atoms with Crippen molar-refractivity contribution in [2.24, 2.45) is 5.92 Å². The Labute approximate surface area is 123 Å². The molecular formula is C17H19F2NO. The summed E-state index contributed by atoms with van der Waals surface area (Å²) in [5.41, 5.74) is 1.15. The monoisotopic (exact) mass is 291 g/mol. The van der Waals surface area contributed by atoms with Crippen molar-refractivity contribution in [2.45, 2.75) is 13.0 Å². The van der Waals surface area contributed by atoms with Gasteiger partial charge in [-0.1, -0.05) is 25.1 Å². The van der Waals surface area contributed by atoms with Crippen LogP contribution in [0.25, 0.3) is 0 Å². The maximum absolute atomic E-state index is 13.7. The molecule has 0 bridgehead atoms. The third-order valence-corrected chi connectivity index (χ3v) is 3.59. The Morgan fingerprint density at radius 1 is 1.05 bits per heavy atom. The zero-order chi connectivity index (χ0) is 15.4. The summed E-state index contributed by atoms with van der Waals surface area (Å²) < 4.78 is 26.6. The van der Waals surface area contributed by atoms with E-state index < -0.39 is 11.9 Å². The zero-order valence-corrected chi connectivity index (χ0v) is 12.1. The zero-order valence-electron chi connectivity index (χ0n) is 12.1. The van der Waals surface area contributed by atoms with Crippen molar-refractivity contribution >= 4 is 5.69 Å². The number of aliphatic hydroxyl groups is 1. The van der Waals surface area contributed by atoms with Crippen LogP contribution in [0.2, 0.25) is 0 Å². The lowest BCUT2D eigenvalue weighted by atomic mass is 9.96. The van der Waals surface area contributed by atoms with Crippen LogP contribution >= 0.6 is 0 Å². The van der Waals surface area contributed by atoms with Crippen molar-refractivity contribution in [1.82, 2.24) is 0 Å². The van der Waals surface area contributed by atoms with Crippen molar-refractivity contribution in [3.63, 3.8) is 0 Å². The SMILES string of the molecule is CC(CN(C)c1ccc(F)cc1)C(O)c1ccccc1F. The number of nitrogens with zero attached hydrogens (tertiary/aromatic N) is 1. The Hall–Kier alpha value is -1.94. The van der Waals surface area contributed by atoms with Gasteiger partial charge in [0.15, 0.2) is 0 Å². The second-order valence-corrected chi connectivity index (χ2v) is 5.30. The van der Waals surface area contributed by atoms with Crippen LogP contribution in [0.3, 0.4) is 0 Å². The van der Waals surface area contributed by atoms with Gasteiger partial charge in [-0.2, -0.15) is 0 Å². The molecule has 21 heavy (non-hydrogen) atoms. The van der Waals surface area contributed by atoms with E-state index in [0.29, 0.717) is 12.1 Å². The number of anilines is 1. The number of aliphatic hydroxyl groups excluding tert-OH is 1. The van der Waals surface area contributed by atoms with Gasteiger partial charge in [-0.25, -0.2) is 8.78 Å². The normalized spacial score (nSPS) is 13.8. The summed E-state index contributed by atoms with van der Waals surface area (Å²) in [6, 6.07) is 12.4. The van der Waals surface area contributed by atoms with E-state index in [9.17, 15) is 13.9 Å². The molecule has 0 heterocycles. The molecule has 0 amide bonds. The summed E-state index contributed by atoms with van der Waals surface area (Å²) in [6.07, 6.45) is -0.880. The van der Waals surface area contributed by atoms with Gasteiger partial charge in [0.05, 0.1) is 6.10 Å². The maximum Gasteiger partial charge on any atom is 0.129 e. The number of rotatable bonds is 5. The molecule has 2 rings (SSSR count). The first-order valence-corrected chi connectivity index (χ1v) is 6.88. The average Bonchev–Trinajstić information content (AvgIpc) is 2.47. The van der Waals surface area contributed by atoms with Crippen molar-refractivity contribution < 1.29 is 13.9 Å². The smallest absolute Gasteiger partial charge is 0.129 e. The van der Waals surface area contributed by atoms with E-state index >= 15 is 0 Å². The molecule has 0 saturated carbocycles. The van der Waals surface area contributed by atoms with Crippen molar-refractivity contribution in [2.75, 3.05) is 18.5 Å². The van der Waals surface area contributed by atoms with E-state index in [1.807, 2.05) is 18.9 Å². The molecule has 0 aliphatic heterocycles. The molecule has 1 N–H and O–H groups in total. The van der Waals surface area contributed by atoms with Gasteiger partial charge in [0.25, 0.3) is 0 Å². The van der Waals surface area contributed by atoms with Crippen molar-refractivity contribution in [3.05, 3.63) is 65.7 Å². The van der Waals surface area contributed by atoms with Gasteiger partial charge in [-0.3, -0.25) is 0 Å². The van der Waals surface area contributed by atoms with E-state index in [0.717, 1.165) is 5.69 Å².